The number of allylic oxidation sites excluding steroid dienone is 1. The van der Waals surface area contributed by atoms with Gasteiger partial charge < -0.3 is 20.1 Å². The monoisotopic (exact) mass is 434 g/mol. The van der Waals surface area contributed by atoms with E-state index in [-0.39, 0.29) is 19.2 Å². The largest absolute Gasteiger partial charge is 0.489 e. The molecule has 2 aromatic rings. The van der Waals surface area contributed by atoms with E-state index in [4.69, 9.17) is 32.7 Å². The maximum atomic E-state index is 12.4. The van der Waals surface area contributed by atoms with Crippen LogP contribution in [0.2, 0.25) is 10.0 Å². The molecule has 1 aliphatic heterocycles. The van der Waals surface area contributed by atoms with E-state index in [1.54, 1.807) is 50.2 Å². The van der Waals surface area contributed by atoms with Crippen LogP contribution in [-0.4, -0.2) is 18.6 Å². The Morgan fingerprint density at radius 3 is 2.52 bits per heavy atom. The van der Waals surface area contributed by atoms with Crippen molar-refractivity contribution in [2.45, 2.75) is 26.5 Å². The molecule has 0 saturated carbocycles. The van der Waals surface area contributed by atoms with Crippen LogP contribution in [0.15, 0.2) is 53.7 Å². The van der Waals surface area contributed by atoms with E-state index in [1.165, 1.54) is 0 Å². The predicted octanol–water partition coefficient (Wildman–Crippen LogP) is 4.76. The Balaban J connectivity index is 1.76. The van der Waals surface area contributed by atoms with Crippen molar-refractivity contribution in [1.29, 1.82) is 0 Å². The third-order valence-corrected chi connectivity index (χ3v) is 4.97. The Labute approximate surface area is 178 Å². The molecule has 8 heteroatoms. The number of hydrogen-bond acceptors (Lipinski definition) is 4. The van der Waals surface area contributed by atoms with Crippen molar-refractivity contribution in [2.75, 3.05) is 6.61 Å². The fourth-order valence-electron chi connectivity index (χ4n) is 2.98. The second-order valence-electron chi connectivity index (χ2n) is 6.38. The van der Waals surface area contributed by atoms with Crippen molar-refractivity contribution < 1.29 is 19.1 Å². The SMILES string of the molecule is CCOC(=O)C1=C(C)NC(=O)NC1c1ccc(OCc2ccc(Cl)cc2Cl)cc1. The van der Waals surface area contributed by atoms with Crippen molar-refractivity contribution in [1.82, 2.24) is 10.6 Å². The maximum absolute atomic E-state index is 12.4. The van der Waals surface area contributed by atoms with Gasteiger partial charge in [-0.15, -0.1) is 0 Å². The summed E-state index contributed by atoms with van der Waals surface area (Å²) in [6, 6.07) is 11.4. The van der Waals surface area contributed by atoms with Gasteiger partial charge in [0.05, 0.1) is 18.2 Å². The zero-order valence-corrected chi connectivity index (χ0v) is 17.4. The minimum absolute atomic E-state index is 0.246. The van der Waals surface area contributed by atoms with Crippen LogP contribution in [0, 0.1) is 0 Å². The first kappa shape index (κ1) is 21.0. The van der Waals surface area contributed by atoms with Crippen molar-refractivity contribution >= 4 is 35.2 Å². The van der Waals surface area contributed by atoms with Crippen LogP contribution in [0.1, 0.15) is 31.0 Å². The van der Waals surface area contributed by atoms with E-state index in [0.717, 1.165) is 11.1 Å². The number of urea groups is 1. The lowest BCUT2D eigenvalue weighted by Gasteiger charge is -2.28. The van der Waals surface area contributed by atoms with Gasteiger partial charge in [0.2, 0.25) is 0 Å². The standard InChI is InChI=1S/C21H20Cl2N2O4/c1-3-28-20(26)18-12(2)24-21(27)25-19(18)13-5-8-16(9-6-13)29-11-14-4-7-15(22)10-17(14)23/h4-10,19H,3,11H2,1-2H3,(H2,24,25,27). The molecule has 0 aromatic heterocycles. The van der Waals surface area contributed by atoms with Crippen LogP contribution < -0.4 is 15.4 Å². The number of nitrogens with one attached hydrogen (secondary N) is 2. The molecule has 1 heterocycles. The van der Waals surface area contributed by atoms with Gasteiger partial charge in [0.1, 0.15) is 12.4 Å². The Morgan fingerprint density at radius 1 is 1.14 bits per heavy atom. The quantitative estimate of drug-likeness (QED) is 0.642. The van der Waals surface area contributed by atoms with Gasteiger partial charge in [-0.1, -0.05) is 41.4 Å². The molecular formula is C21H20Cl2N2O4. The topological polar surface area (TPSA) is 76.7 Å². The van der Waals surface area contributed by atoms with E-state index < -0.39 is 12.0 Å². The van der Waals surface area contributed by atoms with Gasteiger partial charge in [0, 0.05) is 21.3 Å². The summed E-state index contributed by atoms with van der Waals surface area (Å²) in [5.74, 6) is 0.152. The minimum atomic E-state index is -0.609. The molecule has 0 saturated heterocycles. The summed E-state index contributed by atoms with van der Waals surface area (Å²) in [5, 5.41) is 6.47. The molecule has 1 aliphatic rings. The Bertz CT molecular complexity index is 958. The molecule has 0 radical (unpaired) electrons. The Hall–Kier alpha value is -2.70. The molecule has 2 N–H and O–H groups in total. The van der Waals surface area contributed by atoms with Crippen molar-refractivity contribution in [3.05, 3.63) is 74.9 Å². The highest BCUT2D eigenvalue weighted by molar-refractivity contribution is 6.35. The first-order valence-corrected chi connectivity index (χ1v) is 9.76. The van der Waals surface area contributed by atoms with Crippen LogP contribution in [-0.2, 0) is 16.1 Å². The third kappa shape index (κ3) is 5.02. The molecule has 6 nitrogen and oxygen atoms in total. The number of hydrogen-bond donors (Lipinski definition) is 2. The van der Waals surface area contributed by atoms with E-state index in [1.807, 2.05) is 6.07 Å². The molecule has 29 heavy (non-hydrogen) atoms. The first-order valence-electron chi connectivity index (χ1n) is 9.01. The van der Waals surface area contributed by atoms with Crippen molar-refractivity contribution in [3.63, 3.8) is 0 Å². The highest BCUT2D eigenvalue weighted by Crippen LogP contribution is 2.29. The highest BCUT2D eigenvalue weighted by Gasteiger charge is 2.32. The van der Waals surface area contributed by atoms with Gasteiger partial charge in [0.15, 0.2) is 0 Å². The van der Waals surface area contributed by atoms with Crippen LogP contribution in [0.3, 0.4) is 0 Å². The normalized spacial score (nSPS) is 16.1. The first-order chi connectivity index (χ1) is 13.9. The fourth-order valence-corrected chi connectivity index (χ4v) is 3.44. The average molecular weight is 435 g/mol. The third-order valence-electron chi connectivity index (χ3n) is 4.39. The molecule has 2 aromatic carbocycles. The Morgan fingerprint density at radius 2 is 1.86 bits per heavy atom. The van der Waals surface area contributed by atoms with Crippen LogP contribution in [0.4, 0.5) is 4.79 Å². The number of esters is 1. The Kier molecular flexibility index (Phi) is 6.67. The molecule has 152 valence electrons. The zero-order valence-electron chi connectivity index (χ0n) is 15.9. The zero-order chi connectivity index (χ0) is 21.0. The van der Waals surface area contributed by atoms with Gasteiger partial charge in [-0.3, -0.25) is 0 Å². The molecule has 2 amide bonds. The van der Waals surface area contributed by atoms with Gasteiger partial charge in [0.25, 0.3) is 0 Å². The molecule has 3 rings (SSSR count). The van der Waals surface area contributed by atoms with Gasteiger partial charge >= 0.3 is 12.0 Å². The van der Waals surface area contributed by atoms with E-state index in [0.29, 0.717) is 27.1 Å². The van der Waals surface area contributed by atoms with Crippen molar-refractivity contribution in [3.8, 4) is 5.75 Å². The van der Waals surface area contributed by atoms with Gasteiger partial charge in [-0.25, -0.2) is 9.59 Å². The number of halogens is 2. The second-order valence-corrected chi connectivity index (χ2v) is 7.23. The van der Waals surface area contributed by atoms with E-state index >= 15 is 0 Å². The number of benzene rings is 2. The van der Waals surface area contributed by atoms with Gasteiger partial charge in [-0.2, -0.15) is 0 Å². The molecule has 1 atom stereocenters. The smallest absolute Gasteiger partial charge is 0.338 e. The molecular weight excluding hydrogens is 415 g/mol. The number of amides is 2. The molecule has 0 fully saturated rings. The molecule has 0 bridgehead atoms. The molecule has 1 unspecified atom stereocenters. The summed E-state index contributed by atoms with van der Waals surface area (Å²) in [4.78, 5) is 24.3. The lowest BCUT2D eigenvalue weighted by Crippen LogP contribution is -2.45. The molecule has 0 aliphatic carbocycles. The number of ether oxygens (including phenoxy) is 2. The number of rotatable bonds is 6. The second kappa shape index (κ2) is 9.20. The van der Waals surface area contributed by atoms with Gasteiger partial charge in [-0.05, 0) is 43.7 Å². The van der Waals surface area contributed by atoms with E-state index in [9.17, 15) is 9.59 Å². The lowest BCUT2D eigenvalue weighted by molar-refractivity contribution is -0.139. The predicted molar refractivity (Wildman–Crippen MR) is 111 cm³/mol. The average Bonchev–Trinajstić information content (AvgIpc) is 2.67. The van der Waals surface area contributed by atoms with Crippen LogP contribution in [0.25, 0.3) is 0 Å². The summed E-state index contributed by atoms with van der Waals surface area (Å²) in [5.41, 5.74) is 2.39. The number of carbonyl (C=O) groups excluding carboxylic acids is 2. The summed E-state index contributed by atoms with van der Waals surface area (Å²) in [6.07, 6.45) is 0. The summed E-state index contributed by atoms with van der Waals surface area (Å²) in [7, 11) is 0. The lowest BCUT2D eigenvalue weighted by atomic mass is 9.95. The molecule has 0 spiro atoms. The summed E-state index contributed by atoms with van der Waals surface area (Å²) in [6.45, 7) is 3.94. The highest BCUT2D eigenvalue weighted by atomic mass is 35.5. The summed E-state index contributed by atoms with van der Waals surface area (Å²) >= 11 is 12.1. The van der Waals surface area contributed by atoms with Crippen LogP contribution in [0.5, 0.6) is 5.75 Å². The van der Waals surface area contributed by atoms with E-state index in [2.05, 4.69) is 10.6 Å². The number of carbonyl (C=O) groups is 2. The minimum Gasteiger partial charge on any atom is -0.489 e. The maximum Gasteiger partial charge on any atom is 0.338 e. The van der Waals surface area contributed by atoms with Crippen LogP contribution >= 0.6 is 23.2 Å². The summed E-state index contributed by atoms with van der Waals surface area (Å²) < 4.78 is 10.9. The fraction of sp³-hybridized carbons (Fsp3) is 0.238. The van der Waals surface area contributed by atoms with Crippen molar-refractivity contribution in [2.24, 2.45) is 0 Å².